The predicted octanol–water partition coefficient (Wildman–Crippen LogP) is 2.47. The monoisotopic (exact) mass is 335 g/mol. The summed E-state index contributed by atoms with van der Waals surface area (Å²) < 4.78 is 0. The highest BCUT2D eigenvalue weighted by atomic mass is 16.2. The quantitative estimate of drug-likeness (QED) is 0.929. The van der Waals surface area contributed by atoms with Crippen LogP contribution in [0.15, 0.2) is 42.7 Å². The maximum atomic E-state index is 12.7. The molecule has 128 valence electrons. The molecule has 3 rings (SSSR count). The Bertz CT molecular complexity index is 773. The molecule has 6 nitrogen and oxygen atoms in total. The van der Waals surface area contributed by atoms with Crippen LogP contribution in [0.4, 0.5) is 11.4 Å². The van der Waals surface area contributed by atoms with Gasteiger partial charge in [0.15, 0.2) is 0 Å². The molecule has 1 aromatic heterocycles. The fourth-order valence-corrected chi connectivity index (χ4v) is 2.87. The highest BCUT2D eigenvalue weighted by Crippen LogP contribution is 2.18. The van der Waals surface area contributed by atoms with Crippen molar-refractivity contribution < 1.29 is 4.79 Å². The third-order valence-electron chi connectivity index (χ3n) is 4.39. The van der Waals surface area contributed by atoms with E-state index in [2.05, 4.69) is 28.2 Å². The van der Waals surface area contributed by atoms with Crippen molar-refractivity contribution in [1.29, 1.82) is 5.26 Å². The van der Waals surface area contributed by atoms with Crippen LogP contribution < -0.4 is 5.32 Å². The number of amides is 1. The van der Waals surface area contributed by atoms with E-state index in [1.165, 1.54) is 0 Å². The van der Waals surface area contributed by atoms with Gasteiger partial charge in [-0.25, -0.2) is 0 Å². The minimum atomic E-state index is 0.0201. The number of anilines is 2. The van der Waals surface area contributed by atoms with Crippen LogP contribution in [0.5, 0.6) is 0 Å². The SMILES string of the molecule is CCN1CCN(C(=O)c2cncc(Nc3ccc(C#N)cc3)c2)CC1. The van der Waals surface area contributed by atoms with Gasteiger partial charge in [0.05, 0.1) is 29.1 Å². The standard InChI is InChI=1S/C19H21N5O/c1-2-23-7-9-24(10-8-23)19(25)16-11-18(14-21-13-16)22-17-5-3-15(12-20)4-6-17/h3-6,11,13-14,22H,2,7-10H2,1H3. The second-order valence-corrected chi connectivity index (χ2v) is 6.00. The third kappa shape index (κ3) is 4.14. The molecule has 1 aliphatic heterocycles. The summed E-state index contributed by atoms with van der Waals surface area (Å²) in [4.78, 5) is 21.1. The number of benzene rings is 1. The van der Waals surface area contributed by atoms with E-state index in [9.17, 15) is 4.79 Å². The molecular weight excluding hydrogens is 314 g/mol. The molecule has 1 aliphatic rings. The van der Waals surface area contributed by atoms with E-state index in [1.807, 2.05) is 23.1 Å². The molecule has 2 heterocycles. The molecule has 1 fully saturated rings. The normalized spacial score (nSPS) is 14.8. The second-order valence-electron chi connectivity index (χ2n) is 6.00. The van der Waals surface area contributed by atoms with Gasteiger partial charge >= 0.3 is 0 Å². The number of likely N-dealkylation sites (N-methyl/N-ethyl adjacent to an activating group) is 1. The zero-order valence-electron chi connectivity index (χ0n) is 14.3. The summed E-state index contributed by atoms with van der Waals surface area (Å²) >= 11 is 0. The predicted molar refractivity (Wildman–Crippen MR) is 96.7 cm³/mol. The number of nitriles is 1. The van der Waals surface area contributed by atoms with Crippen molar-refractivity contribution in [2.45, 2.75) is 6.92 Å². The molecule has 2 aromatic rings. The lowest BCUT2D eigenvalue weighted by atomic mass is 10.2. The molecular formula is C19H21N5O. The Kier molecular flexibility index (Phi) is 5.26. The number of carbonyl (C=O) groups excluding carboxylic acids is 1. The molecule has 1 amide bonds. The van der Waals surface area contributed by atoms with Crippen LogP contribution in [0.1, 0.15) is 22.8 Å². The van der Waals surface area contributed by atoms with Gasteiger partial charge in [0.2, 0.25) is 0 Å². The molecule has 0 aliphatic carbocycles. The van der Waals surface area contributed by atoms with E-state index in [4.69, 9.17) is 5.26 Å². The Morgan fingerprint density at radius 2 is 1.88 bits per heavy atom. The Labute approximate surface area is 147 Å². The van der Waals surface area contributed by atoms with Gasteiger partial charge in [-0.3, -0.25) is 9.78 Å². The summed E-state index contributed by atoms with van der Waals surface area (Å²) in [6, 6.07) is 11.1. The van der Waals surface area contributed by atoms with Crippen molar-refractivity contribution in [3.63, 3.8) is 0 Å². The number of pyridine rings is 1. The number of carbonyl (C=O) groups is 1. The van der Waals surface area contributed by atoms with Crippen LogP contribution in [-0.2, 0) is 0 Å². The van der Waals surface area contributed by atoms with Gasteiger partial charge in [-0.1, -0.05) is 6.92 Å². The lowest BCUT2D eigenvalue weighted by Gasteiger charge is -2.34. The molecule has 25 heavy (non-hydrogen) atoms. The number of piperazine rings is 1. The first kappa shape index (κ1) is 16.9. The van der Waals surface area contributed by atoms with Crippen LogP contribution in [0, 0.1) is 11.3 Å². The molecule has 0 radical (unpaired) electrons. The smallest absolute Gasteiger partial charge is 0.255 e. The molecule has 0 unspecified atom stereocenters. The van der Waals surface area contributed by atoms with Gasteiger partial charge in [-0.05, 0) is 36.9 Å². The summed E-state index contributed by atoms with van der Waals surface area (Å²) in [6.45, 7) is 6.49. The number of nitrogens with zero attached hydrogens (tertiary/aromatic N) is 4. The van der Waals surface area contributed by atoms with Gasteiger partial charge in [0, 0.05) is 38.1 Å². The zero-order valence-corrected chi connectivity index (χ0v) is 14.3. The first-order chi connectivity index (χ1) is 12.2. The van der Waals surface area contributed by atoms with Crippen molar-refractivity contribution >= 4 is 17.3 Å². The molecule has 0 spiro atoms. The molecule has 0 bridgehead atoms. The van der Waals surface area contributed by atoms with Gasteiger partial charge in [-0.15, -0.1) is 0 Å². The zero-order chi connectivity index (χ0) is 17.6. The number of rotatable bonds is 4. The van der Waals surface area contributed by atoms with Gasteiger partial charge in [-0.2, -0.15) is 5.26 Å². The fraction of sp³-hybridized carbons (Fsp3) is 0.316. The largest absolute Gasteiger partial charge is 0.354 e. The van der Waals surface area contributed by atoms with Gasteiger partial charge < -0.3 is 15.1 Å². The highest BCUT2D eigenvalue weighted by Gasteiger charge is 2.21. The van der Waals surface area contributed by atoms with Crippen LogP contribution >= 0.6 is 0 Å². The van der Waals surface area contributed by atoms with E-state index < -0.39 is 0 Å². The summed E-state index contributed by atoms with van der Waals surface area (Å²) in [7, 11) is 0. The van der Waals surface area contributed by atoms with E-state index in [-0.39, 0.29) is 5.91 Å². The summed E-state index contributed by atoms with van der Waals surface area (Å²) in [5.41, 5.74) is 2.80. The molecule has 1 saturated heterocycles. The van der Waals surface area contributed by atoms with Crippen molar-refractivity contribution in [3.8, 4) is 6.07 Å². The average molecular weight is 335 g/mol. The minimum Gasteiger partial charge on any atom is -0.354 e. The van der Waals surface area contributed by atoms with Crippen molar-refractivity contribution in [2.75, 3.05) is 38.0 Å². The van der Waals surface area contributed by atoms with Crippen LogP contribution in [0.2, 0.25) is 0 Å². The maximum absolute atomic E-state index is 12.7. The molecule has 0 saturated carbocycles. The van der Waals surface area contributed by atoms with E-state index in [1.54, 1.807) is 24.5 Å². The van der Waals surface area contributed by atoms with Gasteiger partial charge in [0.1, 0.15) is 0 Å². The summed E-state index contributed by atoms with van der Waals surface area (Å²) in [5.74, 6) is 0.0201. The van der Waals surface area contributed by atoms with Crippen molar-refractivity contribution in [2.24, 2.45) is 0 Å². The van der Waals surface area contributed by atoms with E-state index >= 15 is 0 Å². The summed E-state index contributed by atoms with van der Waals surface area (Å²) in [5, 5.41) is 12.1. The van der Waals surface area contributed by atoms with E-state index in [0.717, 1.165) is 44.1 Å². The Balaban J connectivity index is 1.68. The van der Waals surface area contributed by atoms with Gasteiger partial charge in [0.25, 0.3) is 5.91 Å². The van der Waals surface area contributed by atoms with E-state index in [0.29, 0.717) is 11.1 Å². The lowest BCUT2D eigenvalue weighted by Crippen LogP contribution is -2.48. The molecule has 6 heteroatoms. The summed E-state index contributed by atoms with van der Waals surface area (Å²) in [6.07, 6.45) is 3.29. The topological polar surface area (TPSA) is 72.3 Å². The van der Waals surface area contributed by atoms with Crippen molar-refractivity contribution in [1.82, 2.24) is 14.8 Å². The molecule has 1 N–H and O–H groups in total. The third-order valence-corrected chi connectivity index (χ3v) is 4.39. The second kappa shape index (κ2) is 7.77. The first-order valence-electron chi connectivity index (χ1n) is 8.43. The van der Waals surface area contributed by atoms with Crippen molar-refractivity contribution in [3.05, 3.63) is 53.9 Å². The van der Waals surface area contributed by atoms with Crippen LogP contribution in [-0.4, -0.2) is 53.4 Å². The highest BCUT2D eigenvalue weighted by molar-refractivity contribution is 5.95. The molecule has 1 aromatic carbocycles. The minimum absolute atomic E-state index is 0.0201. The number of hydrogen-bond acceptors (Lipinski definition) is 5. The Hall–Kier alpha value is -2.91. The molecule has 0 atom stereocenters. The fourth-order valence-electron chi connectivity index (χ4n) is 2.87. The van der Waals surface area contributed by atoms with Crippen LogP contribution in [0.25, 0.3) is 0 Å². The Morgan fingerprint density at radius 1 is 1.16 bits per heavy atom. The first-order valence-corrected chi connectivity index (χ1v) is 8.43. The number of nitrogens with one attached hydrogen (secondary N) is 1. The van der Waals surface area contributed by atoms with Crippen LogP contribution in [0.3, 0.4) is 0 Å². The Morgan fingerprint density at radius 3 is 2.52 bits per heavy atom. The lowest BCUT2D eigenvalue weighted by molar-refractivity contribution is 0.0643. The average Bonchev–Trinajstić information content (AvgIpc) is 2.68. The number of hydrogen-bond donors (Lipinski definition) is 1. The number of aromatic nitrogens is 1. The maximum Gasteiger partial charge on any atom is 0.255 e.